The molecule has 2 aromatic carbocycles. The average molecular weight is 365 g/mol. The number of rotatable bonds is 7. The molecule has 3 rings (SSSR count). The fourth-order valence-corrected chi connectivity index (χ4v) is 3.15. The van der Waals surface area contributed by atoms with E-state index in [0.29, 0.717) is 18.1 Å². The topological polar surface area (TPSA) is 71.1 Å². The van der Waals surface area contributed by atoms with Gasteiger partial charge >= 0.3 is 0 Å². The Labute approximate surface area is 156 Å². The minimum atomic E-state index is -0.168. The molecule has 2 amide bonds. The average Bonchev–Trinajstić information content (AvgIpc) is 3.11. The summed E-state index contributed by atoms with van der Waals surface area (Å²) in [7, 11) is 0. The van der Waals surface area contributed by atoms with Gasteiger partial charge in [-0.2, -0.15) is 0 Å². The first kappa shape index (κ1) is 17.8. The molecule has 0 saturated carbocycles. The molecule has 0 spiro atoms. The Morgan fingerprint density at radius 2 is 1.62 bits per heavy atom. The lowest BCUT2D eigenvalue weighted by molar-refractivity contribution is -0.120. The van der Waals surface area contributed by atoms with E-state index in [2.05, 4.69) is 15.6 Å². The molecule has 0 saturated heterocycles. The summed E-state index contributed by atoms with van der Waals surface area (Å²) in [5.41, 5.74) is 2.80. The third-order valence-electron chi connectivity index (χ3n) is 3.70. The molecule has 0 atom stereocenters. The second-order valence-electron chi connectivity index (χ2n) is 5.71. The molecule has 0 bridgehead atoms. The number of benzene rings is 2. The van der Waals surface area contributed by atoms with Crippen LogP contribution in [-0.4, -0.2) is 23.3 Å². The van der Waals surface area contributed by atoms with Gasteiger partial charge in [-0.05, 0) is 5.56 Å². The van der Waals surface area contributed by atoms with Gasteiger partial charge in [-0.1, -0.05) is 60.7 Å². The van der Waals surface area contributed by atoms with E-state index < -0.39 is 0 Å². The maximum Gasteiger partial charge on any atom is 0.227 e. The molecule has 0 fully saturated rings. The largest absolute Gasteiger partial charge is 0.355 e. The SMILES string of the molecule is O=C(Cc1ccccc1)NCCC(=O)Nc1nc(-c2ccccc2)cs1. The van der Waals surface area contributed by atoms with Crippen molar-refractivity contribution in [3.63, 3.8) is 0 Å². The van der Waals surface area contributed by atoms with Crippen LogP contribution in [-0.2, 0) is 16.0 Å². The van der Waals surface area contributed by atoms with E-state index in [9.17, 15) is 9.59 Å². The maximum absolute atomic E-state index is 12.0. The smallest absolute Gasteiger partial charge is 0.227 e. The van der Waals surface area contributed by atoms with Crippen LogP contribution >= 0.6 is 11.3 Å². The molecular weight excluding hydrogens is 346 g/mol. The van der Waals surface area contributed by atoms with Gasteiger partial charge in [0.15, 0.2) is 5.13 Å². The van der Waals surface area contributed by atoms with Crippen molar-refractivity contribution in [3.05, 3.63) is 71.6 Å². The first-order chi connectivity index (χ1) is 12.7. The van der Waals surface area contributed by atoms with Crippen LogP contribution in [0.3, 0.4) is 0 Å². The van der Waals surface area contributed by atoms with E-state index >= 15 is 0 Å². The van der Waals surface area contributed by atoms with Crippen LogP contribution in [0.25, 0.3) is 11.3 Å². The summed E-state index contributed by atoms with van der Waals surface area (Å²) in [4.78, 5) is 28.3. The van der Waals surface area contributed by atoms with Crippen molar-refractivity contribution in [1.82, 2.24) is 10.3 Å². The van der Waals surface area contributed by atoms with Crippen LogP contribution in [0.2, 0.25) is 0 Å². The van der Waals surface area contributed by atoms with Gasteiger partial charge < -0.3 is 10.6 Å². The van der Waals surface area contributed by atoms with Crippen molar-refractivity contribution in [2.45, 2.75) is 12.8 Å². The summed E-state index contributed by atoms with van der Waals surface area (Å²) in [5.74, 6) is -0.261. The summed E-state index contributed by atoms with van der Waals surface area (Å²) in [6.45, 7) is 0.300. The fourth-order valence-electron chi connectivity index (χ4n) is 2.41. The maximum atomic E-state index is 12.0. The fraction of sp³-hybridized carbons (Fsp3) is 0.150. The normalized spacial score (nSPS) is 10.3. The van der Waals surface area contributed by atoms with Crippen LogP contribution in [0.5, 0.6) is 0 Å². The number of anilines is 1. The van der Waals surface area contributed by atoms with Crippen molar-refractivity contribution in [1.29, 1.82) is 0 Å². The number of hydrogen-bond acceptors (Lipinski definition) is 4. The van der Waals surface area contributed by atoms with E-state index in [1.54, 1.807) is 0 Å². The molecule has 5 nitrogen and oxygen atoms in total. The van der Waals surface area contributed by atoms with Gasteiger partial charge in [0.1, 0.15) is 0 Å². The zero-order chi connectivity index (χ0) is 18.2. The minimum Gasteiger partial charge on any atom is -0.355 e. The Bertz CT molecular complexity index is 863. The third-order valence-corrected chi connectivity index (χ3v) is 4.46. The van der Waals surface area contributed by atoms with Gasteiger partial charge in [0.25, 0.3) is 0 Å². The predicted molar refractivity (Wildman–Crippen MR) is 104 cm³/mol. The highest BCUT2D eigenvalue weighted by Gasteiger charge is 2.09. The lowest BCUT2D eigenvalue weighted by Crippen LogP contribution is -2.28. The summed E-state index contributed by atoms with van der Waals surface area (Å²) in [6, 6.07) is 19.3. The van der Waals surface area contributed by atoms with Crippen molar-refractivity contribution in [2.24, 2.45) is 0 Å². The third kappa shape index (κ3) is 5.26. The van der Waals surface area contributed by atoms with Crippen LogP contribution in [0.4, 0.5) is 5.13 Å². The lowest BCUT2D eigenvalue weighted by Gasteiger charge is -2.05. The molecular formula is C20H19N3O2S. The lowest BCUT2D eigenvalue weighted by atomic mass is 10.1. The molecule has 0 radical (unpaired) electrons. The van der Waals surface area contributed by atoms with Crippen LogP contribution in [0, 0.1) is 0 Å². The molecule has 6 heteroatoms. The summed E-state index contributed by atoms with van der Waals surface area (Å²) < 4.78 is 0. The number of thiazole rings is 1. The molecule has 1 aromatic heterocycles. The standard InChI is InChI=1S/C20H19N3O2S/c24-18(11-12-21-19(25)13-15-7-3-1-4-8-15)23-20-22-17(14-26-20)16-9-5-2-6-10-16/h1-10,14H,11-13H2,(H,21,25)(H,22,23,24). The zero-order valence-electron chi connectivity index (χ0n) is 14.1. The van der Waals surface area contributed by atoms with Crippen molar-refractivity contribution in [3.8, 4) is 11.3 Å². The Hall–Kier alpha value is -2.99. The molecule has 132 valence electrons. The van der Waals surface area contributed by atoms with Crippen molar-refractivity contribution >= 4 is 28.3 Å². The highest BCUT2D eigenvalue weighted by molar-refractivity contribution is 7.14. The van der Waals surface area contributed by atoms with Crippen LogP contribution in [0.15, 0.2) is 66.0 Å². The highest BCUT2D eigenvalue weighted by Crippen LogP contribution is 2.24. The highest BCUT2D eigenvalue weighted by atomic mass is 32.1. The second kappa shape index (κ2) is 8.92. The number of amides is 2. The second-order valence-corrected chi connectivity index (χ2v) is 6.57. The van der Waals surface area contributed by atoms with Crippen molar-refractivity contribution < 1.29 is 9.59 Å². The van der Waals surface area contributed by atoms with Gasteiger partial charge in [-0.25, -0.2) is 4.98 Å². The van der Waals surface area contributed by atoms with Gasteiger partial charge in [0, 0.05) is 23.9 Å². The summed E-state index contributed by atoms with van der Waals surface area (Å²) in [5, 5.41) is 8.00. The minimum absolute atomic E-state index is 0.0930. The summed E-state index contributed by atoms with van der Waals surface area (Å²) in [6.07, 6.45) is 0.524. The quantitative estimate of drug-likeness (QED) is 0.673. The molecule has 0 unspecified atom stereocenters. The van der Waals surface area contributed by atoms with Gasteiger partial charge in [0.05, 0.1) is 12.1 Å². The first-order valence-electron chi connectivity index (χ1n) is 8.32. The number of hydrogen-bond donors (Lipinski definition) is 2. The van der Waals surface area contributed by atoms with Gasteiger partial charge in [-0.3, -0.25) is 9.59 Å². The Balaban J connectivity index is 1.42. The van der Waals surface area contributed by atoms with Crippen LogP contribution < -0.4 is 10.6 Å². The van der Waals surface area contributed by atoms with E-state index in [-0.39, 0.29) is 18.2 Å². The predicted octanol–water partition coefficient (Wildman–Crippen LogP) is 3.50. The summed E-state index contributed by atoms with van der Waals surface area (Å²) >= 11 is 1.38. The number of carbonyl (C=O) groups excluding carboxylic acids is 2. The van der Waals surface area contributed by atoms with Gasteiger partial charge in [0.2, 0.25) is 11.8 Å². The van der Waals surface area contributed by atoms with E-state index in [1.807, 2.05) is 66.0 Å². The molecule has 0 aliphatic carbocycles. The number of carbonyl (C=O) groups is 2. The first-order valence-corrected chi connectivity index (χ1v) is 9.20. The molecule has 1 heterocycles. The van der Waals surface area contributed by atoms with E-state index in [0.717, 1.165) is 16.8 Å². The Morgan fingerprint density at radius 3 is 2.35 bits per heavy atom. The van der Waals surface area contributed by atoms with E-state index in [1.165, 1.54) is 11.3 Å². The number of nitrogens with zero attached hydrogens (tertiary/aromatic N) is 1. The Kier molecular flexibility index (Phi) is 6.11. The van der Waals surface area contributed by atoms with E-state index in [4.69, 9.17) is 0 Å². The number of nitrogens with one attached hydrogen (secondary N) is 2. The molecule has 3 aromatic rings. The molecule has 26 heavy (non-hydrogen) atoms. The molecule has 0 aliphatic rings. The number of aromatic nitrogens is 1. The zero-order valence-corrected chi connectivity index (χ0v) is 15.0. The molecule has 2 N–H and O–H groups in total. The van der Waals surface area contributed by atoms with Crippen LogP contribution in [0.1, 0.15) is 12.0 Å². The Morgan fingerprint density at radius 1 is 0.923 bits per heavy atom. The molecule has 0 aliphatic heterocycles. The van der Waals surface area contributed by atoms with Crippen molar-refractivity contribution in [2.75, 3.05) is 11.9 Å². The van der Waals surface area contributed by atoms with Gasteiger partial charge in [-0.15, -0.1) is 11.3 Å². The monoisotopic (exact) mass is 365 g/mol.